The first-order chi connectivity index (χ1) is 10.4. The molecule has 0 atom stereocenters. The molecule has 120 valence electrons. The number of carbonyl (C=O) groups excluding carboxylic acids is 2. The van der Waals surface area contributed by atoms with Gasteiger partial charge >= 0.3 is 11.9 Å². The maximum Gasteiger partial charge on any atom is 0.311 e. The zero-order valence-corrected chi connectivity index (χ0v) is 13.3. The van der Waals surface area contributed by atoms with Crippen molar-refractivity contribution in [3.05, 3.63) is 40.7 Å². The quantitative estimate of drug-likeness (QED) is 0.430. The van der Waals surface area contributed by atoms with E-state index in [9.17, 15) is 14.0 Å². The molecule has 0 bridgehead atoms. The van der Waals surface area contributed by atoms with Crippen molar-refractivity contribution in [3.63, 3.8) is 0 Å². The van der Waals surface area contributed by atoms with Crippen molar-refractivity contribution < 1.29 is 23.5 Å². The molecule has 0 heterocycles. The molecule has 1 rings (SSSR count). The van der Waals surface area contributed by atoms with Crippen LogP contribution in [-0.2, 0) is 14.3 Å². The van der Waals surface area contributed by atoms with Crippen LogP contribution >= 0.6 is 11.6 Å². The average molecular weight is 329 g/mol. The Morgan fingerprint density at radius 1 is 1.23 bits per heavy atom. The van der Waals surface area contributed by atoms with Crippen LogP contribution in [0.25, 0.3) is 0 Å². The Morgan fingerprint density at radius 3 is 2.55 bits per heavy atom. The van der Waals surface area contributed by atoms with E-state index < -0.39 is 17.8 Å². The third kappa shape index (κ3) is 6.72. The molecule has 4 nitrogen and oxygen atoms in total. The van der Waals surface area contributed by atoms with Crippen molar-refractivity contribution in [1.29, 1.82) is 0 Å². The summed E-state index contributed by atoms with van der Waals surface area (Å²) in [7, 11) is 0. The molecule has 1 aromatic carbocycles. The molecule has 0 aliphatic carbocycles. The van der Waals surface area contributed by atoms with E-state index in [2.05, 4.69) is 0 Å². The molecule has 0 amide bonds. The number of hydrogen-bond donors (Lipinski definition) is 0. The van der Waals surface area contributed by atoms with Crippen molar-refractivity contribution in [2.45, 2.75) is 33.1 Å². The van der Waals surface area contributed by atoms with Crippen molar-refractivity contribution in [2.24, 2.45) is 0 Å². The predicted molar refractivity (Wildman–Crippen MR) is 81.3 cm³/mol. The van der Waals surface area contributed by atoms with E-state index in [1.165, 1.54) is 12.1 Å². The zero-order valence-electron chi connectivity index (χ0n) is 12.5. The van der Waals surface area contributed by atoms with E-state index in [1.807, 2.05) is 13.8 Å². The summed E-state index contributed by atoms with van der Waals surface area (Å²) in [4.78, 5) is 23.0. The molecule has 0 aliphatic heterocycles. The molecule has 0 fully saturated rings. The van der Waals surface area contributed by atoms with Crippen LogP contribution in [0, 0.1) is 5.82 Å². The maximum atomic E-state index is 13.4. The first kappa shape index (κ1) is 18.2. The molecule has 0 aromatic heterocycles. The van der Waals surface area contributed by atoms with E-state index in [0.717, 1.165) is 11.6 Å². The first-order valence-corrected chi connectivity index (χ1v) is 7.21. The second kappa shape index (κ2) is 9.20. The standard InChI is InChI=1S/C16H18ClFO4/c1-11(2)9-10-21-14(19)7-4-8-15(20)22-16-12(17)5-3-6-13(16)18/h3,5-6,9H,4,7-8,10H2,1-2H3. The maximum absolute atomic E-state index is 13.4. The monoisotopic (exact) mass is 328 g/mol. The van der Waals surface area contributed by atoms with Crippen LogP contribution < -0.4 is 4.74 Å². The Morgan fingerprint density at radius 2 is 1.91 bits per heavy atom. The second-order valence-electron chi connectivity index (χ2n) is 4.84. The van der Waals surface area contributed by atoms with E-state index in [4.69, 9.17) is 21.1 Å². The van der Waals surface area contributed by atoms with Crippen LogP contribution in [0.15, 0.2) is 29.8 Å². The van der Waals surface area contributed by atoms with Crippen molar-refractivity contribution in [3.8, 4) is 5.75 Å². The molecule has 0 N–H and O–H groups in total. The van der Waals surface area contributed by atoms with Crippen LogP contribution in [0.3, 0.4) is 0 Å². The number of benzene rings is 1. The van der Waals surface area contributed by atoms with Gasteiger partial charge in [0.15, 0.2) is 11.6 Å². The SMILES string of the molecule is CC(C)=CCOC(=O)CCCC(=O)Oc1c(F)cccc1Cl. The molecule has 0 saturated carbocycles. The Labute approximate surface area is 133 Å². The van der Waals surface area contributed by atoms with Crippen molar-refractivity contribution in [2.75, 3.05) is 6.61 Å². The first-order valence-electron chi connectivity index (χ1n) is 6.84. The number of rotatable bonds is 7. The van der Waals surface area contributed by atoms with Gasteiger partial charge in [-0.05, 0) is 38.5 Å². The largest absolute Gasteiger partial charge is 0.461 e. The van der Waals surface area contributed by atoms with E-state index in [0.29, 0.717) is 0 Å². The van der Waals surface area contributed by atoms with E-state index in [-0.39, 0.29) is 36.6 Å². The molecule has 0 saturated heterocycles. The van der Waals surface area contributed by atoms with E-state index in [1.54, 1.807) is 6.08 Å². The van der Waals surface area contributed by atoms with Crippen LogP contribution in [0.4, 0.5) is 4.39 Å². The smallest absolute Gasteiger partial charge is 0.311 e. The lowest BCUT2D eigenvalue weighted by Crippen LogP contribution is -2.11. The summed E-state index contributed by atoms with van der Waals surface area (Å²) in [5.74, 6) is -2.04. The summed E-state index contributed by atoms with van der Waals surface area (Å²) >= 11 is 5.74. The molecule has 1 aromatic rings. The summed E-state index contributed by atoms with van der Waals surface area (Å²) in [6.07, 6.45) is 2.12. The van der Waals surface area contributed by atoms with Crippen LogP contribution in [0.5, 0.6) is 5.75 Å². The Hall–Kier alpha value is -1.88. The number of esters is 2. The number of para-hydroxylation sites is 1. The van der Waals surface area contributed by atoms with Gasteiger partial charge in [0.1, 0.15) is 6.61 Å². The molecule has 0 radical (unpaired) electrons. The number of hydrogen-bond acceptors (Lipinski definition) is 4. The minimum Gasteiger partial charge on any atom is -0.461 e. The number of halogens is 2. The van der Waals surface area contributed by atoms with Gasteiger partial charge in [-0.25, -0.2) is 4.39 Å². The van der Waals surface area contributed by atoms with Crippen LogP contribution in [0.2, 0.25) is 5.02 Å². The second-order valence-corrected chi connectivity index (χ2v) is 5.25. The topological polar surface area (TPSA) is 52.6 Å². The highest BCUT2D eigenvalue weighted by Crippen LogP contribution is 2.27. The zero-order chi connectivity index (χ0) is 16.5. The Kier molecular flexibility index (Phi) is 7.60. The van der Waals surface area contributed by atoms with Gasteiger partial charge in [-0.2, -0.15) is 0 Å². The number of allylic oxidation sites excluding steroid dienone is 1. The van der Waals surface area contributed by atoms with Crippen molar-refractivity contribution >= 4 is 23.5 Å². The highest BCUT2D eigenvalue weighted by molar-refractivity contribution is 6.32. The molecule has 6 heteroatoms. The summed E-state index contributed by atoms with van der Waals surface area (Å²) in [6, 6.07) is 3.99. The predicted octanol–water partition coefficient (Wildman–Crippen LogP) is 4.06. The average Bonchev–Trinajstić information content (AvgIpc) is 2.42. The summed E-state index contributed by atoms with van der Waals surface area (Å²) in [6.45, 7) is 4.02. The minimum absolute atomic E-state index is 0.0227. The Bertz CT molecular complexity index is 545. The van der Waals surface area contributed by atoms with Gasteiger partial charge in [0.05, 0.1) is 5.02 Å². The molecule has 22 heavy (non-hydrogen) atoms. The van der Waals surface area contributed by atoms with Crippen LogP contribution in [0.1, 0.15) is 33.1 Å². The van der Waals surface area contributed by atoms with Gasteiger partial charge in [0.25, 0.3) is 0 Å². The van der Waals surface area contributed by atoms with Crippen molar-refractivity contribution in [1.82, 2.24) is 0 Å². The van der Waals surface area contributed by atoms with Crippen LogP contribution in [-0.4, -0.2) is 18.5 Å². The normalized spacial score (nSPS) is 10.0. The lowest BCUT2D eigenvalue weighted by Gasteiger charge is -2.07. The van der Waals surface area contributed by atoms with Gasteiger partial charge in [-0.1, -0.05) is 23.2 Å². The molecule has 0 aliphatic rings. The summed E-state index contributed by atoms with van der Waals surface area (Å²) in [5.41, 5.74) is 1.05. The summed E-state index contributed by atoms with van der Waals surface area (Å²) < 4.78 is 23.2. The van der Waals surface area contributed by atoms with Gasteiger partial charge in [-0.15, -0.1) is 0 Å². The van der Waals surface area contributed by atoms with Gasteiger partial charge in [0.2, 0.25) is 0 Å². The highest BCUT2D eigenvalue weighted by atomic mass is 35.5. The highest BCUT2D eigenvalue weighted by Gasteiger charge is 2.13. The third-order valence-electron chi connectivity index (χ3n) is 2.63. The Balaban J connectivity index is 2.32. The fourth-order valence-corrected chi connectivity index (χ4v) is 1.70. The number of carbonyl (C=O) groups is 2. The lowest BCUT2D eigenvalue weighted by molar-refractivity contribution is -0.142. The third-order valence-corrected chi connectivity index (χ3v) is 2.93. The fourth-order valence-electron chi connectivity index (χ4n) is 1.50. The van der Waals surface area contributed by atoms with E-state index >= 15 is 0 Å². The fraction of sp³-hybridized carbons (Fsp3) is 0.375. The molecular weight excluding hydrogens is 311 g/mol. The van der Waals surface area contributed by atoms with Gasteiger partial charge in [0, 0.05) is 12.8 Å². The molecule has 0 unspecified atom stereocenters. The molecule has 0 spiro atoms. The van der Waals surface area contributed by atoms with Gasteiger partial charge < -0.3 is 9.47 Å². The lowest BCUT2D eigenvalue weighted by atomic mass is 10.2. The molecular formula is C16H18ClFO4. The summed E-state index contributed by atoms with van der Waals surface area (Å²) in [5, 5.41) is 0.0227. The minimum atomic E-state index is -0.706. The number of ether oxygens (including phenoxy) is 2. The van der Waals surface area contributed by atoms with Gasteiger partial charge in [-0.3, -0.25) is 9.59 Å².